The third kappa shape index (κ3) is 2.84. The quantitative estimate of drug-likeness (QED) is 0.925. The van der Waals surface area contributed by atoms with E-state index in [1.807, 2.05) is 20.8 Å². The molecule has 104 valence electrons. The number of rotatable bonds is 3. The Labute approximate surface area is 120 Å². The van der Waals surface area contributed by atoms with Crippen molar-refractivity contribution in [2.75, 3.05) is 4.72 Å². The summed E-state index contributed by atoms with van der Waals surface area (Å²) in [5, 5.41) is 4.17. The van der Waals surface area contributed by atoms with Gasteiger partial charge in [-0.1, -0.05) is 0 Å². The van der Waals surface area contributed by atoms with Crippen LogP contribution in [0.2, 0.25) is 0 Å². The van der Waals surface area contributed by atoms with E-state index in [4.69, 9.17) is 4.42 Å². The summed E-state index contributed by atoms with van der Waals surface area (Å²) < 4.78 is 33.8. The van der Waals surface area contributed by atoms with Crippen LogP contribution in [0, 0.1) is 0 Å². The highest BCUT2D eigenvalue weighted by atomic mass is 79.9. The molecule has 0 bridgehead atoms. The summed E-state index contributed by atoms with van der Waals surface area (Å²) in [6.07, 6.45) is 4.04. The lowest BCUT2D eigenvalue weighted by molar-refractivity contribution is 0.361. The maximum absolute atomic E-state index is 12.2. The fraction of sp³-hybridized carbons (Fsp3) is 0.364. The average molecular weight is 348 g/mol. The first-order valence-electron chi connectivity index (χ1n) is 5.51. The molecule has 1 N–H and O–H groups in total. The molecule has 0 aromatic carbocycles. The smallest absolute Gasteiger partial charge is 0.266 e. The van der Waals surface area contributed by atoms with Gasteiger partial charge >= 0.3 is 0 Å². The van der Waals surface area contributed by atoms with Crippen molar-refractivity contribution >= 4 is 31.8 Å². The number of sulfonamides is 1. The molecule has 0 radical (unpaired) electrons. The van der Waals surface area contributed by atoms with E-state index in [1.54, 1.807) is 10.9 Å². The minimum atomic E-state index is -3.68. The largest absolute Gasteiger partial charge is 0.471 e. The second-order valence-corrected chi connectivity index (χ2v) is 7.53. The summed E-state index contributed by atoms with van der Waals surface area (Å²) in [4.78, 5) is 0.0704. The number of hydrogen-bond donors (Lipinski definition) is 1. The Morgan fingerprint density at radius 3 is 2.63 bits per heavy atom. The second kappa shape index (κ2) is 4.68. The SMILES string of the molecule is CC(C)(C)n1ncc(Br)c1NS(=O)(=O)c1ccoc1. The molecule has 8 heteroatoms. The van der Waals surface area contributed by atoms with Gasteiger partial charge in [-0.15, -0.1) is 0 Å². The van der Waals surface area contributed by atoms with Crippen molar-refractivity contribution in [2.24, 2.45) is 0 Å². The predicted molar refractivity (Wildman–Crippen MR) is 74.4 cm³/mol. The maximum atomic E-state index is 12.2. The molecule has 0 saturated heterocycles. The molecule has 0 fully saturated rings. The number of anilines is 1. The Kier molecular flexibility index (Phi) is 3.48. The van der Waals surface area contributed by atoms with Crippen molar-refractivity contribution in [3.63, 3.8) is 0 Å². The molecule has 6 nitrogen and oxygen atoms in total. The fourth-order valence-electron chi connectivity index (χ4n) is 1.52. The third-order valence-electron chi connectivity index (χ3n) is 2.40. The molecular weight excluding hydrogens is 334 g/mol. The van der Waals surface area contributed by atoms with Gasteiger partial charge in [0.2, 0.25) is 0 Å². The number of furan rings is 1. The zero-order chi connectivity index (χ0) is 14.3. The van der Waals surface area contributed by atoms with Gasteiger partial charge in [0.1, 0.15) is 11.2 Å². The zero-order valence-corrected chi connectivity index (χ0v) is 13.1. The minimum absolute atomic E-state index is 0.0704. The van der Waals surface area contributed by atoms with E-state index in [0.29, 0.717) is 10.3 Å². The van der Waals surface area contributed by atoms with E-state index in [2.05, 4.69) is 25.8 Å². The molecule has 0 atom stereocenters. The van der Waals surface area contributed by atoms with Crippen LogP contribution in [0.4, 0.5) is 5.82 Å². The van der Waals surface area contributed by atoms with Crippen molar-refractivity contribution in [1.29, 1.82) is 0 Å². The summed E-state index contributed by atoms with van der Waals surface area (Å²) >= 11 is 3.29. The van der Waals surface area contributed by atoms with Crippen LogP contribution >= 0.6 is 15.9 Å². The normalized spacial score (nSPS) is 12.6. The van der Waals surface area contributed by atoms with Crippen molar-refractivity contribution in [1.82, 2.24) is 9.78 Å². The van der Waals surface area contributed by atoms with Crippen LogP contribution in [0.1, 0.15) is 20.8 Å². The molecule has 0 aliphatic carbocycles. The predicted octanol–water partition coefficient (Wildman–Crippen LogP) is 2.79. The lowest BCUT2D eigenvalue weighted by Crippen LogP contribution is -2.26. The van der Waals surface area contributed by atoms with Crippen LogP contribution in [0.5, 0.6) is 0 Å². The van der Waals surface area contributed by atoms with E-state index >= 15 is 0 Å². The topological polar surface area (TPSA) is 77.1 Å². The number of nitrogens with one attached hydrogen (secondary N) is 1. The van der Waals surface area contributed by atoms with Gasteiger partial charge in [-0.3, -0.25) is 4.72 Å². The molecule has 2 aromatic heterocycles. The Bertz CT molecular complexity index is 669. The Hall–Kier alpha value is -1.28. The van der Waals surface area contributed by atoms with Crippen molar-refractivity contribution in [2.45, 2.75) is 31.2 Å². The number of aromatic nitrogens is 2. The maximum Gasteiger partial charge on any atom is 0.266 e. The lowest BCUT2D eigenvalue weighted by atomic mass is 10.1. The van der Waals surface area contributed by atoms with Gasteiger partial charge in [0.25, 0.3) is 10.0 Å². The number of hydrogen-bond acceptors (Lipinski definition) is 4. The summed E-state index contributed by atoms with van der Waals surface area (Å²) in [5.74, 6) is 0.383. The van der Waals surface area contributed by atoms with E-state index in [-0.39, 0.29) is 10.4 Å². The van der Waals surface area contributed by atoms with Crippen LogP contribution in [-0.4, -0.2) is 18.2 Å². The van der Waals surface area contributed by atoms with E-state index in [1.165, 1.54) is 18.6 Å². The average Bonchev–Trinajstić information content (AvgIpc) is 2.88. The number of nitrogens with zero attached hydrogens (tertiary/aromatic N) is 2. The van der Waals surface area contributed by atoms with Gasteiger partial charge in [-0.25, -0.2) is 13.1 Å². The second-order valence-electron chi connectivity index (χ2n) is 4.99. The molecule has 2 aromatic rings. The molecule has 0 unspecified atom stereocenters. The first-order valence-corrected chi connectivity index (χ1v) is 7.78. The van der Waals surface area contributed by atoms with Crippen molar-refractivity contribution in [3.8, 4) is 0 Å². The van der Waals surface area contributed by atoms with Crippen LogP contribution in [0.3, 0.4) is 0 Å². The van der Waals surface area contributed by atoms with Crippen LogP contribution < -0.4 is 4.72 Å². The molecule has 0 aliphatic heterocycles. The van der Waals surface area contributed by atoms with Crippen LogP contribution in [0.25, 0.3) is 0 Å². The third-order valence-corrected chi connectivity index (χ3v) is 4.29. The van der Waals surface area contributed by atoms with E-state index in [9.17, 15) is 8.42 Å². The molecular formula is C11H14BrN3O3S. The van der Waals surface area contributed by atoms with Crippen LogP contribution in [0.15, 0.2) is 38.6 Å². The van der Waals surface area contributed by atoms with Gasteiger partial charge in [-0.05, 0) is 42.8 Å². The molecule has 2 heterocycles. The van der Waals surface area contributed by atoms with Gasteiger partial charge in [0, 0.05) is 0 Å². The molecule has 0 spiro atoms. The first kappa shape index (κ1) is 14.1. The van der Waals surface area contributed by atoms with Crippen molar-refractivity contribution < 1.29 is 12.8 Å². The van der Waals surface area contributed by atoms with Gasteiger partial charge in [-0.2, -0.15) is 5.10 Å². The van der Waals surface area contributed by atoms with Gasteiger partial charge < -0.3 is 4.42 Å². The summed E-state index contributed by atoms with van der Waals surface area (Å²) in [6.45, 7) is 5.80. The zero-order valence-electron chi connectivity index (χ0n) is 10.7. The van der Waals surface area contributed by atoms with Gasteiger partial charge in [0.15, 0.2) is 5.82 Å². The van der Waals surface area contributed by atoms with Crippen LogP contribution in [-0.2, 0) is 15.6 Å². The molecule has 19 heavy (non-hydrogen) atoms. The summed E-state index contributed by atoms with van der Waals surface area (Å²) in [7, 11) is -3.68. The minimum Gasteiger partial charge on any atom is -0.471 e. The highest BCUT2D eigenvalue weighted by molar-refractivity contribution is 9.10. The van der Waals surface area contributed by atoms with E-state index in [0.717, 1.165) is 0 Å². The van der Waals surface area contributed by atoms with Gasteiger partial charge in [0.05, 0.1) is 22.5 Å². The standard InChI is InChI=1S/C11H14BrN3O3S/c1-11(2,3)15-10(9(12)6-13-15)14-19(16,17)8-4-5-18-7-8/h4-7,14H,1-3H3. The number of halogens is 1. The lowest BCUT2D eigenvalue weighted by Gasteiger charge is -2.22. The monoisotopic (exact) mass is 347 g/mol. The Balaban J connectivity index is 2.43. The highest BCUT2D eigenvalue weighted by Crippen LogP contribution is 2.29. The Morgan fingerprint density at radius 1 is 1.42 bits per heavy atom. The first-order chi connectivity index (χ1) is 8.72. The van der Waals surface area contributed by atoms with E-state index < -0.39 is 10.0 Å². The molecule has 0 saturated carbocycles. The summed E-state index contributed by atoms with van der Waals surface area (Å²) in [5.41, 5.74) is -0.347. The van der Waals surface area contributed by atoms with Crippen molar-refractivity contribution in [3.05, 3.63) is 29.3 Å². The fourth-order valence-corrected chi connectivity index (χ4v) is 3.00. The highest BCUT2D eigenvalue weighted by Gasteiger charge is 2.24. The Morgan fingerprint density at radius 2 is 2.11 bits per heavy atom. The summed E-state index contributed by atoms with van der Waals surface area (Å²) in [6, 6.07) is 1.38. The molecule has 0 amide bonds. The molecule has 2 rings (SSSR count). The molecule has 0 aliphatic rings.